The Morgan fingerprint density at radius 2 is 2.33 bits per heavy atom. The molecule has 0 aromatic rings. The first-order chi connectivity index (χ1) is 5.70. The van der Waals surface area contributed by atoms with E-state index in [1.807, 2.05) is 25.6 Å². The molecule has 0 aliphatic rings. The summed E-state index contributed by atoms with van der Waals surface area (Å²) in [6.07, 6.45) is 3.29. The van der Waals surface area contributed by atoms with Crippen LogP contribution in [-0.2, 0) is 4.79 Å². The van der Waals surface area contributed by atoms with E-state index >= 15 is 0 Å². The third-order valence-electron chi connectivity index (χ3n) is 1.28. The molecule has 0 aromatic heterocycles. The highest BCUT2D eigenvalue weighted by atomic mass is 32.2. The molecule has 0 aliphatic carbocycles. The fraction of sp³-hybridized carbons (Fsp3) is 0.667. The molecule has 12 heavy (non-hydrogen) atoms. The molecule has 3 heteroatoms. The molecule has 1 unspecified atom stereocenters. The number of hydrogen-bond acceptors (Lipinski definition) is 2. The van der Waals surface area contributed by atoms with Crippen LogP contribution in [0.15, 0.2) is 12.2 Å². The molecule has 0 spiro atoms. The van der Waals surface area contributed by atoms with E-state index in [9.17, 15) is 4.79 Å². The largest absolute Gasteiger partial charge is 0.349 e. The van der Waals surface area contributed by atoms with Gasteiger partial charge >= 0.3 is 0 Å². The van der Waals surface area contributed by atoms with Crippen LogP contribution in [-0.4, -0.2) is 23.5 Å². The van der Waals surface area contributed by atoms with Crippen LogP contribution in [0.3, 0.4) is 0 Å². The summed E-state index contributed by atoms with van der Waals surface area (Å²) in [4.78, 5) is 11.0. The second-order valence-electron chi connectivity index (χ2n) is 2.57. The third-order valence-corrected chi connectivity index (χ3v) is 2.42. The summed E-state index contributed by atoms with van der Waals surface area (Å²) in [6.45, 7) is 5.97. The maximum atomic E-state index is 11.0. The van der Waals surface area contributed by atoms with Crippen molar-refractivity contribution in [2.75, 3.05) is 11.5 Å². The average molecular weight is 187 g/mol. The monoisotopic (exact) mass is 187 g/mol. The zero-order chi connectivity index (χ0) is 9.40. The van der Waals surface area contributed by atoms with Gasteiger partial charge < -0.3 is 5.32 Å². The lowest BCUT2D eigenvalue weighted by Gasteiger charge is -2.10. The van der Waals surface area contributed by atoms with Gasteiger partial charge in [-0.2, -0.15) is 11.8 Å². The third kappa shape index (κ3) is 6.28. The number of allylic oxidation sites excluding steroid dienone is 1. The van der Waals surface area contributed by atoms with Crippen molar-refractivity contribution in [3.8, 4) is 0 Å². The molecule has 0 aliphatic heterocycles. The topological polar surface area (TPSA) is 29.1 Å². The standard InChI is InChI=1S/C9H17NOS/c1-4-6-9(11)10-8(3)7-12-5-2/h4,6,8H,5,7H2,1-3H3,(H,10,11)/b6-4+. The van der Waals surface area contributed by atoms with Gasteiger partial charge in [0.15, 0.2) is 0 Å². The molecule has 1 N–H and O–H groups in total. The normalized spacial score (nSPS) is 13.2. The SMILES string of the molecule is C/C=C/C(=O)NC(C)CSCC. The fourth-order valence-corrected chi connectivity index (χ4v) is 1.45. The van der Waals surface area contributed by atoms with Gasteiger partial charge in [-0.15, -0.1) is 0 Å². The lowest BCUT2D eigenvalue weighted by molar-refractivity contribution is -0.116. The van der Waals surface area contributed by atoms with Gasteiger partial charge in [-0.3, -0.25) is 4.79 Å². The molecule has 0 rings (SSSR count). The van der Waals surface area contributed by atoms with Gasteiger partial charge in [0.2, 0.25) is 5.91 Å². The molecule has 70 valence electrons. The maximum Gasteiger partial charge on any atom is 0.243 e. The van der Waals surface area contributed by atoms with Crippen LogP contribution < -0.4 is 5.32 Å². The van der Waals surface area contributed by atoms with E-state index in [0.29, 0.717) is 0 Å². The van der Waals surface area contributed by atoms with Crippen molar-refractivity contribution in [2.24, 2.45) is 0 Å². The Bertz CT molecular complexity index is 157. The molecular formula is C9H17NOS. The zero-order valence-corrected chi connectivity index (χ0v) is 8.78. The van der Waals surface area contributed by atoms with Crippen LogP contribution >= 0.6 is 11.8 Å². The zero-order valence-electron chi connectivity index (χ0n) is 7.96. The minimum absolute atomic E-state index is 0.00158. The minimum Gasteiger partial charge on any atom is -0.349 e. The molecule has 0 heterocycles. The molecule has 0 saturated heterocycles. The van der Waals surface area contributed by atoms with Gasteiger partial charge in [-0.05, 0) is 25.7 Å². The number of carbonyl (C=O) groups is 1. The van der Waals surface area contributed by atoms with Crippen molar-refractivity contribution in [3.63, 3.8) is 0 Å². The summed E-state index contributed by atoms with van der Waals surface area (Å²) in [6, 6.07) is 0.263. The number of thioether (sulfide) groups is 1. The number of rotatable bonds is 5. The Morgan fingerprint density at radius 1 is 1.67 bits per heavy atom. The number of hydrogen-bond donors (Lipinski definition) is 1. The molecule has 1 atom stereocenters. The van der Waals surface area contributed by atoms with Crippen molar-refractivity contribution >= 4 is 17.7 Å². The van der Waals surface area contributed by atoms with Crippen LogP contribution in [0, 0.1) is 0 Å². The average Bonchev–Trinajstić information content (AvgIpc) is 2.01. The molecule has 0 bridgehead atoms. The Balaban J connectivity index is 3.53. The lowest BCUT2D eigenvalue weighted by atomic mass is 10.4. The van der Waals surface area contributed by atoms with Gasteiger partial charge in [-0.1, -0.05) is 13.0 Å². The van der Waals surface area contributed by atoms with Crippen LogP contribution in [0.5, 0.6) is 0 Å². The molecule has 1 amide bonds. The number of carbonyl (C=O) groups excluding carboxylic acids is 1. The van der Waals surface area contributed by atoms with Gasteiger partial charge in [0.1, 0.15) is 0 Å². The van der Waals surface area contributed by atoms with Crippen LogP contribution in [0.25, 0.3) is 0 Å². The summed E-state index contributed by atoms with van der Waals surface area (Å²) >= 11 is 1.84. The second-order valence-corrected chi connectivity index (χ2v) is 3.89. The van der Waals surface area contributed by atoms with E-state index in [4.69, 9.17) is 0 Å². The molecule has 2 nitrogen and oxygen atoms in total. The summed E-state index contributed by atoms with van der Waals surface area (Å²) in [5.41, 5.74) is 0. The van der Waals surface area contributed by atoms with Gasteiger partial charge in [-0.25, -0.2) is 0 Å². The van der Waals surface area contributed by atoms with Gasteiger partial charge in [0.25, 0.3) is 0 Å². The van der Waals surface area contributed by atoms with E-state index in [-0.39, 0.29) is 11.9 Å². The Kier molecular flexibility index (Phi) is 6.96. The van der Waals surface area contributed by atoms with Crippen molar-refractivity contribution in [1.82, 2.24) is 5.32 Å². The fourth-order valence-electron chi connectivity index (χ4n) is 0.779. The van der Waals surface area contributed by atoms with Crippen LogP contribution in [0.4, 0.5) is 0 Å². The van der Waals surface area contributed by atoms with Crippen LogP contribution in [0.2, 0.25) is 0 Å². The van der Waals surface area contributed by atoms with Gasteiger partial charge in [0.05, 0.1) is 0 Å². The summed E-state index contributed by atoms with van der Waals surface area (Å²) in [7, 11) is 0. The highest BCUT2D eigenvalue weighted by Crippen LogP contribution is 2.00. The number of amides is 1. The summed E-state index contributed by atoms with van der Waals surface area (Å²) in [5, 5.41) is 2.87. The van der Waals surface area contributed by atoms with Crippen molar-refractivity contribution < 1.29 is 4.79 Å². The summed E-state index contributed by atoms with van der Waals surface area (Å²) < 4.78 is 0. The molecule has 0 radical (unpaired) electrons. The van der Waals surface area contributed by atoms with Crippen molar-refractivity contribution in [3.05, 3.63) is 12.2 Å². The molecule has 0 fully saturated rings. The van der Waals surface area contributed by atoms with Crippen molar-refractivity contribution in [1.29, 1.82) is 0 Å². The highest BCUT2D eigenvalue weighted by molar-refractivity contribution is 7.99. The molecule has 0 saturated carbocycles. The second kappa shape index (κ2) is 7.22. The molecular weight excluding hydrogens is 170 g/mol. The van der Waals surface area contributed by atoms with E-state index in [2.05, 4.69) is 12.2 Å². The predicted octanol–water partition coefficient (Wildman–Crippen LogP) is 1.82. The van der Waals surface area contributed by atoms with E-state index in [1.165, 1.54) is 0 Å². The quantitative estimate of drug-likeness (QED) is 0.665. The Hall–Kier alpha value is -0.440. The van der Waals surface area contributed by atoms with Gasteiger partial charge in [0, 0.05) is 11.8 Å². The predicted molar refractivity (Wildman–Crippen MR) is 55.4 cm³/mol. The Labute approximate surface area is 78.8 Å². The maximum absolute atomic E-state index is 11.0. The first-order valence-electron chi connectivity index (χ1n) is 4.21. The van der Waals surface area contributed by atoms with E-state index < -0.39 is 0 Å². The minimum atomic E-state index is 0.00158. The first-order valence-corrected chi connectivity index (χ1v) is 5.37. The van der Waals surface area contributed by atoms with Crippen LogP contribution in [0.1, 0.15) is 20.8 Å². The van der Waals surface area contributed by atoms with Crippen molar-refractivity contribution in [2.45, 2.75) is 26.8 Å². The number of nitrogens with one attached hydrogen (secondary N) is 1. The first kappa shape index (κ1) is 11.6. The smallest absolute Gasteiger partial charge is 0.243 e. The highest BCUT2D eigenvalue weighted by Gasteiger charge is 2.02. The summed E-state index contributed by atoms with van der Waals surface area (Å²) in [5.74, 6) is 2.09. The lowest BCUT2D eigenvalue weighted by Crippen LogP contribution is -2.32. The van der Waals surface area contributed by atoms with E-state index in [0.717, 1.165) is 11.5 Å². The van der Waals surface area contributed by atoms with E-state index in [1.54, 1.807) is 12.2 Å². The Morgan fingerprint density at radius 3 is 2.83 bits per heavy atom. The molecule has 0 aromatic carbocycles.